The van der Waals surface area contributed by atoms with Crippen molar-refractivity contribution in [2.45, 2.75) is 65.4 Å². The van der Waals surface area contributed by atoms with Crippen molar-refractivity contribution in [3.63, 3.8) is 0 Å². The molecule has 5 atom stereocenters. The lowest BCUT2D eigenvalue weighted by atomic mass is 9.47. The predicted molar refractivity (Wildman–Crippen MR) is 102 cm³/mol. The fourth-order valence-electron chi connectivity index (χ4n) is 5.27. The standard InChI is InChI=1S/C22H34O3/c1-7-20(4,25-8-2)15-12-17-16(3)10-11-18-21(17,5)13-9-14-22(18,6)19(23)24/h7,12,15,17-18H,1,3,8-11,13-14H2,2,4-6H3,(H,23,24)/b15-12-/t17-,18+,20-,21+,22-/m0/s1. The molecule has 0 unspecified atom stereocenters. The second-order valence-corrected chi connectivity index (χ2v) is 8.49. The average molecular weight is 347 g/mol. The van der Waals surface area contributed by atoms with Crippen LogP contribution < -0.4 is 0 Å². The van der Waals surface area contributed by atoms with E-state index in [1.165, 1.54) is 5.57 Å². The fourth-order valence-corrected chi connectivity index (χ4v) is 5.27. The molecule has 0 aromatic carbocycles. The summed E-state index contributed by atoms with van der Waals surface area (Å²) in [6.45, 7) is 17.1. The molecular weight excluding hydrogens is 312 g/mol. The van der Waals surface area contributed by atoms with Crippen molar-refractivity contribution in [1.82, 2.24) is 0 Å². The van der Waals surface area contributed by atoms with E-state index >= 15 is 0 Å². The van der Waals surface area contributed by atoms with E-state index in [-0.39, 0.29) is 17.3 Å². The molecule has 0 aliphatic heterocycles. The third kappa shape index (κ3) is 3.48. The molecular formula is C22H34O3. The second kappa shape index (κ2) is 7.11. The quantitative estimate of drug-likeness (QED) is 0.656. The zero-order chi connectivity index (χ0) is 18.9. The highest BCUT2D eigenvalue weighted by molar-refractivity contribution is 5.75. The molecule has 140 valence electrons. The van der Waals surface area contributed by atoms with Crippen LogP contribution in [0.3, 0.4) is 0 Å². The summed E-state index contributed by atoms with van der Waals surface area (Å²) in [5.74, 6) is -0.289. The molecule has 2 aliphatic carbocycles. The molecule has 0 saturated heterocycles. The maximum absolute atomic E-state index is 12.0. The minimum absolute atomic E-state index is 0.0640. The molecule has 2 aliphatic rings. The Morgan fingerprint density at radius 2 is 2.12 bits per heavy atom. The Balaban J connectivity index is 2.38. The van der Waals surface area contributed by atoms with Gasteiger partial charge in [-0.25, -0.2) is 0 Å². The summed E-state index contributed by atoms with van der Waals surface area (Å²) in [6.07, 6.45) is 10.7. The van der Waals surface area contributed by atoms with Gasteiger partial charge in [-0.1, -0.05) is 50.3 Å². The third-order valence-corrected chi connectivity index (χ3v) is 6.85. The molecule has 25 heavy (non-hydrogen) atoms. The Kier molecular flexibility index (Phi) is 5.68. The summed E-state index contributed by atoms with van der Waals surface area (Å²) >= 11 is 0. The van der Waals surface area contributed by atoms with E-state index in [2.05, 4.69) is 32.2 Å². The molecule has 0 amide bonds. The monoisotopic (exact) mass is 346 g/mol. The van der Waals surface area contributed by atoms with Crippen LogP contribution in [0.1, 0.15) is 59.8 Å². The molecule has 0 radical (unpaired) electrons. The van der Waals surface area contributed by atoms with Crippen LogP contribution in [0.15, 0.2) is 37.0 Å². The first kappa shape index (κ1) is 20.0. The van der Waals surface area contributed by atoms with E-state index in [9.17, 15) is 9.90 Å². The van der Waals surface area contributed by atoms with Gasteiger partial charge < -0.3 is 9.84 Å². The van der Waals surface area contributed by atoms with Gasteiger partial charge in [-0.3, -0.25) is 4.79 Å². The van der Waals surface area contributed by atoms with E-state index in [1.807, 2.05) is 26.8 Å². The number of hydrogen-bond donors (Lipinski definition) is 1. The summed E-state index contributed by atoms with van der Waals surface area (Å²) in [5.41, 5.74) is 0.0170. The Morgan fingerprint density at radius 1 is 1.44 bits per heavy atom. The number of rotatable bonds is 6. The normalized spacial score (nSPS) is 38.2. The third-order valence-electron chi connectivity index (χ3n) is 6.85. The van der Waals surface area contributed by atoms with Crippen molar-refractivity contribution < 1.29 is 14.6 Å². The highest BCUT2D eigenvalue weighted by Crippen LogP contribution is 2.61. The summed E-state index contributed by atoms with van der Waals surface area (Å²) < 4.78 is 5.82. The van der Waals surface area contributed by atoms with Gasteiger partial charge in [0.2, 0.25) is 0 Å². The lowest BCUT2D eigenvalue weighted by Crippen LogP contribution is -2.53. The number of fused-ring (bicyclic) bond motifs is 1. The number of aliphatic carboxylic acids is 1. The summed E-state index contributed by atoms with van der Waals surface area (Å²) in [4.78, 5) is 12.0. The maximum atomic E-state index is 12.0. The van der Waals surface area contributed by atoms with Gasteiger partial charge in [0.05, 0.1) is 5.41 Å². The summed E-state index contributed by atoms with van der Waals surface area (Å²) in [6, 6.07) is 0. The molecule has 2 rings (SSSR count). The van der Waals surface area contributed by atoms with Crippen LogP contribution in [0.5, 0.6) is 0 Å². The van der Waals surface area contributed by atoms with Crippen molar-refractivity contribution in [2.75, 3.05) is 6.61 Å². The molecule has 0 bridgehead atoms. The van der Waals surface area contributed by atoms with Crippen LogP contribution in [-0.2, 0) is 9.53 Å². The van der Waals surface area contributed by atoms with Gasteiger partial charge in [0.1, 0.15) is 5.60 Å². The predicted octanol–water partition coefficient (Wildman–Crippen LogP) is 5.39. The van der Waals surface area contributed by atoms with Crippen LogP contribution in [0.25, 0.3) is 0 Å². The minimum Gasteiger partial charge on any atom is -0.481 e. The van der Waals surface area contributed by atoms with E-state index in [0.717, 1.165) is 32.1 Å². The molecule has 0 spiro atoms. The lowest BCUT2D eigenvalue weighted by molar-refractivity contribution is -0.162. The van der Waals surface area contributed by atoms with Crippen molar-refractivity contribution >= 4 is 5.97 Å². The first-order valence-electron chi connectivity index (χ1n) is 9.51. The van der Waals surface area contributed by atoms with E-state index < -0.39 is 17.0 Å². The van der Waals surface area contributed by atoms with Crippen LogP contribution in [0, 0.1) is 22.7 Å². The number of hydrogen-bond acceptors (Lipinski definition) is 2. The van der Waals surface area contributed by atoms with Gasteiger partial charge in [0.15, 0.2) is 0 Å². The SMILES string of the molecule is C=C[C@@](C)(/C=C\[C@H]1C(=C)CC[C@@H]2[C@]1(C)CCC[C@]2(C)C(=O)O)OCC. The average Bonchev–Trinajstić information content (AvgIpc) is 2.54. The Bertz CT molecular complexity index is 578. The number of allylic oxidation sites excluding steroid dienone is 2. The Morgan fingerprint density at radius 3 is 2.68 bits per heavy atom. The van der Waals surface area contributed by atoms with Crippen molar-refractivity contribution in [3.8, 4) is 0 Å². The van der Waals surface area contributed by atoms with Gasteiger partial charge in [-0.15, -0.1) is 0 Å². The van der Waals surface area contributed by atoms with Gasteiger partial charge in [-0.2, -0.15) is 0 Å². The number of carboxylic acids is 1. The first-order chi connectivity index (χ1) is 11.6. The van der Waals surface area contributed by atoms with Crippen molar-refractivity contribution in [2.24, 2.45) is 22.7 Å². The minimum atomic E-state index is -0.649. The van der Waals surface area contributed by atoms with Gasteiger partial charge in [-0.05, 0) is 57.8 Å². The zero-order valence-corrected chi connectivity index (χ0v) is 16.3. The molecule has 2 fully saturated rings. The molecule has 0 heterocycles. The lowest BCUT2D eigenvalue weighted by Gasteiger charge is -2.56. The van der Waals surface area contributed by atoms with Crippen LogP contribution in [0.2, 0.25) is 0 Å². The summed E-state index contributed by atoms with van der Waals surface area (Å²) in [5, 5.41) is 9.90. The molecule has 2 saturated carbocycles. The second-order valence-electron chi connectivity index (χ2n) is 8.49. The smallest absolute Gasteiger partial charge is 0.309 e. The number of carbonyl (C=O) groups is 1. The van der Waals surface area contributed by atoms with Gasteiger partial charge >= 0.3 is 5.97 Å². The van der Waals surface area contributed by atoms with Crippen LogP contribution in [0.4, 0.5) is 0 Å². The largest absolute Gasteiger partial charge is 0.481 e. The fraction of sp³-hybridized carbons (Fsp3) is 0.682. The van der Waals surface area contributed by atoms with Crippen LogP contribution >= 0.6 is 0 Å². The van der Waals surface area contributed by atoms with Crippen molar-refractivity contribution in [3.05, 3.63) is 37.0 Å². The topological polar surface area (TPSA) is 46.5 Å². The number of ether oxygens (including phenoxy) is 1. The maximum Gasteiger partial charge on any atom is 0.309 e. The molecule has 3 heteroatoms. The van der Waals surface area contributed by atoms with E-state index in [0.29, 0.717) is 6.61 Å². The van der Waals surface area contributed by atoms with E-state index in [1.54, 1.807) is 0 Å². The molecule has 1 N–H and O–H groups in total. The van der Waals surface area contributed by atoms with Gasteiger partial charge in [0, 0.05) is 12.5 Å². The number of carboxylic acid groups (broad SMARTS) is 1. The first-order valence-corrected chi connectivity index (χ1v) is 9.51. The van der Waals surface area contributed by atoms with Gasteiger partial charge in [0.25, 0.3) is 0 Å². The van der Waals surface area contributed by atoms with E-state index in [4.69, 9.17) is 4.74 Å². The zero-order valence-electron chi connectivity index (χ0n) is 16.3. The molecule has 0 aromatic heterocycles. The highest BCUT2D eigenvalue weighted by Gasteiger charge is 2.57. The molecule has 3 nitrogen and oxygen atoms in total. The summed E-state index contributed by atoms with van der Waals surface area (Å²) in [7, 11) is 0. The Hall–Kier alpha value is -1.35. The van der Waals surface area contributed by atoms with Crippen molar-refractivity contribution in [1.29, 1.82) is 0 Å². The van der Waals surface area contributed by atoms with Crippen LogP contribution in [-0.4, -0.2) is 23.3 Å². The highest BCUT2D eigenvalue weighted by atomic mass is 16.5. The molecule has 0 aromatic rings. The Labute approximate surface area is 152 Å².